The molecule has 130 valence electrons. The second-order valence-corrected chi connectivity index (χ2v) is 6.78. The Hall–Kier alpha value is -3.14. The number of anilines is 2. The van der Waals surface area contributed by atoms with Gasteiger partial charge in [0.05, 0.1) is 5.69 Å². The van der Waals surface area contributed by atoms with Gasteiger partial charge in [0.1, 0.15) is 17.2 Å². The highest BCUT2D eigenvalue weighted by Gasteiger charge is 2.18. The van der Waals surface area contributed by atoms with Gasteiger partial charge >= 0.3 is 0 Å². The van der Waals surface area contributed by atoms with Gasteiger partial charge in [0, 0.05) is 17.6 Å². The summed E-state index contributed by atoms with van der Waals surface area (Å²) < 4.78 is 2.17. The van der Waals surface area contributed by atoms with Gasteiger partial charge < -0.3 is 5.32 Å². The number of nitrogens with one attached hydrogen (secondary N) is 1. The third kappa shape index (κ3) is 2.73. The zero-order chi connectivity index (χ0) is 18.3. The number of hydrogen-bond acceptors (Lipinski definition) is 3. The number of pyridine rings is 2. The van der Waals surface area contributed by atoms with Crippen molar-refractivity contribution in [3.8, 4) is 11.4 Å². The summed E-state index contributed by atoms with van der Waals surface area (Å²) in [4.78, 5) is 9.43. The monoisotopic (exact) mass is 342 g/mol. The van der Waals surface area contributed by atoms with Gasteiger partial charge in [0.2, 0.25) is 0 Å². The summed E-state index contributed by atoms with van der Waals surface area (Å²) >= 11 is 0. The Balaban J connectivity index is 2.00. The smallest absolute Gasteiger partial charge is 0.145 e. The van der Waals surface area contributed by atoms with E-state index in [2.05, 4.69) is 72.7 Å². The fraction of sp³-hybridized carbons (Fsp3) is 0.182. The van der Waals surface area contributed by atoms with Crippen LogP contribution in [0.2, 0.25) is 0 Å². The summed E-state index contributed by atoms with van der Waals surface area (Å²) in [5.74, 6) is 0.952. The minimum atomic E-state index is 0.863. The van der Waals surface area contributed by atoms with Crippen LogP contribution in [-0.4, -0.2) is 14.4 Å². The van der Waals surface area contributed by atoms with Gasteiger partial charge in [0.15, 0.2) is 0 Å². The van der Waals surface area contributed by atoms with Gasteiger partial charge in [-0.05, 0) is 68.7 Å². The Morgan fingerprint density at radius 3 is 2.35 bits per heavy atom. The highest BCUT2D eigenvalue weighted by molar-refractivity contribution is 5.80. The summed E-state index contributed by atoms with van der Waals surface area (Å²) in [6.45, 7) is 8.45. The minimum absolute atomic E-state index is 0.863. The number of para-hydroxylation sites is 1. The van der Waals surface area contributed by atoms with Crippen LogP contribution < -0.4 is 5.32 Å². The molecule has 0 spiro atoms. The van der Waals surface area contributed by atoms with E-state index >= 15 is 0 Å². The van der Waals surface area contributed by atoms with Crippen LogP contribution in [0.1, 0.15) is 22.4 Å². The summed E-state index contributed by atoms with van der Waals surface area (Å²) in [5, 5.41) is 3.65. The molecule has 0 atom stereocenters. The zero-order valence-electron chi connectivity index (χ0n) is 15.5. The molecule has 4 aromatic rings. The molecule has 0 amide bonds. The van der Waals surface area contributed by atoms with Crippen molar-refractivity contribution in [2.75, 3.05) is 5.32 Å². The van der Waals surface area contributed by atoms with E-state index in [4.69, 9.17) is 4.98 Å². The molecule has 0 saturated carbocycles. The number of nitrogens with zero attached hydrogens (tertiary/aromatic N) is 3. The van der Waals surface area contributed by atoms with Gasteiger partial charge in [-0.2, -0.15) is 0 Å². The van der Waals surface area contributed by atoms with Gasteiger partial charge in [-0.15, -0.1) is 0 Å². The molecule has 4 heteroatoms. The SMILES string of the molecule is Cc1cc(C)n2c(Nc3c(C)cccc3C)c(-c3ccccn3)nc2c1. The fourth-order valence-corrected chi connectivity index (χ4v) is 3.46. The predicted molar refractivity (Wildman–Crippen MR) is 107 cm³/mol. The van der Waals surface area contributed by atoms with Crippen LogP contribution >= 0.6 is 0 Å². The van der Waals surface area contributed by atoms with Crippen molar-refractivity contribution in [1.29, 1.82) is 0 Å². The van der Waals surface area contributed by atoms with Gasteiger partial charge in [-0.25, -0.2) is 4.98 Å². The number of aryl methyl sites for hydroxylation is 4. The lowest BCUT2D eigenvalue weighted by atomic mass is 10.1. The molecule has 4 rings (SSSR count). The normalized spacial score (nSPS) is 11.1. The quantitative estimate of drug-likeness (QED) is 0.544. The summed E-state index contributed by atoms with van der Waals surface area (Å²) in [7, 11) is 0. The Labute approximate surface area is 153 Å². The fourth-order valence-electron chi connectivity index (χ4n) is 3.46. The molecular weight excluding hydrogens is 320 g/mol. The van der Waals surface area contributed by atoms with Crippen LogP contribution in [0, 0.1) is 27.7 Å². The number of hydrogen-bond donors (Lipinski definition) is 1. The van der Waals surface area contributed by atoms with E-state index < -0.39 is 0 Å². The van der Waals surface area contributed by atoms with E-state index in [1.807, 2.05) is 18.2 Å². The molecule has 3 heterocycles. The topological polar surface area (TPSA) is 42.2 Å². The van der Waals surface area contributed by atoms with Crippen molar-refractivity contribution in [2.24, 2.45) is 0 Å². The Kier molecular flexibility index (Phi) is 3.96. The number of benzene rings is 1. The van der Waals surface area contributed by atoms with E-state index in [0.717, 1.165) is 34.2 Å². The van der Waals surface area contributed by atoms with Crippen LogP contribution in [0.3, 0.4) is 0 Å². The lowest BCUT2D eigenvalue weighted by Gasteiger charge is -2.15. The zero-order valence-corrected chi connectivity index (χ0v) is 15.5. The van der Waals surface area contributed by atoms with Crippen molar-refractivity contribution in [3.63, 3.8) is 0 Å². The minimum Gasteiger partial charge on any atom is -0.339 e. The first kappa shape index (κ1) is 16.3. The van der Waals surface area contributed by atoms with Crippen LogP contribution in [-0.2, 0) is 0 Å². The number of imidazole rings is 1. The number of fused-ring (bicyclic) bond motifs is 1. The lowest BCUT2D eigenvalue weighted by molar-refractivity contribution is 1.08. The van der Waals surface area contributed by atoms with E-state index in [1.165, 1.54) is 16.7 Å². The van der Waals surface area contributed by atoms with Crippen molar-refractivity contribution in [3.05, 3.63) is 77.1 Å². The molecule has 0 aliphatic heterocycles. The van der Waals surface area contributed by atoms with E-state index in [-0.39, 0.29) is 0 Å². The Morgan fingerprint density at radius 2 is 1.65 bits per heavy atom. The molecule has 0 fully saturated rings. The second-order valence-electron chi connectivity index (χ2n) is 6.78. The summed E-state index contributed by atoms with van der Waals surface area (Å²) in [5.41, 5.74) is 8.52. The molecule has 0 saturated heterocycles. The van der Waals surface area contributed by atoms with Crippen LogP contribution in [0.4, 0.5) is 11.5 Å². The molecule has 3 aromatic heterocycles. The van der Waals surface area contributed by atoms with E-state index in [1.54, 1.807) is 6.20 Å². The standard InChI is InChI=1S/C22H22N4/c1-14-12-17(4)26-19(13-14)24-21(18-10-5-6-11-23-18)22(26)25-20-15(2)8-7-9-16(20)3/h5-13,25H,1-4H3. The predicted octanol–water partition coefficient (Wildman–Crippen LogP) is 5.37. The molecule has 0 bridgehead atoms. The van der Waals surface area contributed by atoms with E-state index in [9.17, 15) is 0 Å². The maximum atomic E-state index is 4.90. The first-order valence-electron chi connectivity index (χ1n) is 8.79. The summed E-state index contributed by atoms with van der Waals surface area (Å²) in [6, 6.07) is 16.5. The molecule has 0 radical (unpaired) electrons. The van der Waals surface area contributed by atoms with Gasteiger partial charge in [0.25, 0.3) is 0 Å². The summed E-state index contributed by atoms with van der Waals surface area (Å²) in [6.07, 6.45) is 1.81. The average molecular weight is 342 g/mol. The largest absolute Gasteiger partial charge is 0.339 e. The second kappa shape index (κ2) is 6.30. The van der Waals surface area contributed by atoms with Crippen LogP contribution in [0.25, 0.3) is 17.0 Å². The number of aromatic nitrogens is 3. The molecule has 26 heavy (non-hydrogen) atoms. The lowest BCUT2D eigenvalue weighted by Crippen LogP contribution is -2.03. The third-order valence-corrected chi connectivity index (χ3v) is 4.68. The molecular formula is C22H22N4. The number of rotatable bonds is 3. The average Bonchev–Trinajstić information content (AvgIpc) is 2.97. The molecule has 4 nitrogen and oxygen atoms in total. The van der Waals surface area contributed by atoms with Gasteiger partial charge in [-0.1, -0.05) is 24.3 Å². The first-order chi connectivity index (χ1) is 12.5. The third-order valence-electron chi connectivity index (χ3n) is 4.68. The van der Waals surface area contributed by atoms with Crippen LogP contribution in [0.5, 0.6) is 0 Å². The molecule has 1 aromatic carbocycles. The first-order valence-corrected chi connectivity index (χ1v) is 8.79. The molecule has 0 aliphatic carbocycles. The van der Waals surface area contributed by atoms with Gasteiger partial charge in [-0.3, -0.25) is 9.38 Å². The maximum Gasteiger partial charge on any atom is 0.145 e. The van der Waals surface area contributed by atoms with E-state index in [0.29, 0.717) is 0 Å². The molecule has 0 aliphatic rings. The maximum absolute atomic E-state index is 4.90. The molecule has 0 unspecified atom stereocenters. The van der Waals surface area contributed by atoms with Crippen LogP contribution in [0.15, 0.2) is 54.7 Å². The Bertz CT molecular complexity index is 1070. The van der Waals surface area contributed by atoms with Crippen molar-refractivity contribution in [1.82, 2.24) is 14.4 Å². The highest BCUT2D eigenvalue weighted by atomic mass is 15.2. The van der Waals surface area contributed by atoms with Crippen molar-refractivity contribution >= 4 is 17.2 Å². The van der Waals surface area contributed by atoms with Crippen molar-refractivity contribution in [2.45, 2.75) is 27.7 Å². The van der Waals surface area contributed by atoms with Crippen molar-refractivity contribution < 1.29 is 0 Å². The Morgan fingerprint density at radius 1 is 0.885 bits per heavy atom. The highest BCUT2D eigenvalue weighted by Crippen LogP contribution is 2.33. The molecule has 1 N–H and O–H groups in total.